The van der Waals surface area contributed by atoms with Gasteiger partial charge in [0.25, 0.3) is 0 Å². The van der Waals surface area contributed by atoms with Crippen LogP contribution in [-0.2, 0) is 13.0 Å². The van der Waals surface area contributed by atoms with Crippen LogP contribution in [0, 0.1) is 12.7 Å². The smallest absolute Gasteiger partial charge is 0.133 e. The lowest BCUT2D eigenvalue weighted by Crippen LogP contribution is -2.31. The van der Waals surface area contributed by atoms with E-state index in [0.29, 0.717) is 0 Å². The number of fused-ring (bicyclic) bond motifs is 1. The fraction of sp³-hybridized carbons (Fsp3) is 0.200. The van der Waals surface area contributed by atoms with E-state index in [1.807, 2.05) is 13.0 Å². The van der Waals surface area contributed by atoms with E-state index < -0.39 is 0 Å². The molecule has 0 unspecified atom stereocenters. The maximum atomic E-state index is 13.2. The molecule has 4 heteroatoms. The minimum absolute atomic E-state index is 0.239. The predicted octanol–water partition coefficient (Wildman–Crippen LogP) is 4.15. The van der Waals surface area contributed by atoms with E-state index in [1.165, 1.54) is 23.3 Å². The summed E-state index contributed by atoms with van der Waals surface area (Å²) in [7, 11) is 0. The first-order valence-electron chi connectivity index (χ1n) is 8.12. The third-order valence-electron chi connectivity index (χ3n) is 4.42. The number of aromatic nitrogens is 2. The topological polar surface area (TPSA) is 29.0 Å². The summed E-state index contributed by atoms with van der Waals surface area (Å²) < 4.78 is 13.2. The monoisotopic (exact) mass is 319 g/mol. The summed E-state index contributed by atoms with van der Waals surface area (Å²) in [6.07, 6.45) is 1.02. The van der Waals surface area contributed by atoms with Crippen molar-refractivity contribution in [3.63, 3.8) is 0 Å². The molecule has 0 amide bonds. The van der Waals surface area contributed by atoms with Crippen LogP contribution in [-0.4, -0.2) is 16.5 Å². The summed E-state index contributed by atoms with van der Waals surface area (Å²) in [4.78, 5) is 11.4. The van der Waals surface area contributed by atoms with Crippen LogP contribution < -0.4 is 4.90 Å². The number of aryl methyl sites for hydroxylation is 1. The minimum atomic E-state index is -0.239. The molecule has 2 heterocycles. The molecule has 1 aliphatic rings. The summed E-state index contributed by atoms with van der Waals surface area (Å²) in [5.41, 5.74) is 4.50. The molecule has 0 atom stereocenters. The molecule has 3 nitrogen and oxygen atoms in total. The zero-order valence-corrected chi connectivity index (χ0v) is 13.5. The van der Waals surface area contributed by atoms with Crippen LogP contribution in [0.1, 0.15) is 17.0 Å². The zero-order chi connectivity index (χ0) is 16.5. The Morgan fingerprint density at radius 2 is 1.71 bits per heavy atom. The number of hydrogen-bond acceptors (Lipinski definition) is 3. The van der Waals surface area contributed by atoms with Gasteiger partial charge < -0.3 is 4.90 Å². The van der Waals surface area contributed by atoms with Crippen molar-refractivity contribution < 1.29 is 4.39 Å². The Balaban J connectivity index is 1.68. The molecule has 0 saturated heterocycles. The minimum Gasteiger partial charge on any atom is -0.352 e. The van der Waals surface area contributed by atoms with Crippen molar-refractivity contribution in [2.24, 2.45) is 0 Å². The molecule has 3 aromatic rings. The Morgan fingerprint density at radius 1 is 0.958 bits per heavy atom. The SMILES string of the molecule is Cc1nc(-c2ccc(F)cc2)cc(N2CCc3ccccc3C2)n1. The average Bonchev–Trinajstić information content (AvgIpc) is 2.61. The molecule has 4 rings (SSSR count). The van der Waals surface area contributed by atoms with Crippen LogP contribution in [0.3, 0.4) is 0 Å². The van der Waals surface area contributed by atoms with Crippen molar-refractivity contribution in [3.05, 3.63) is 77.4 Å². The van der Waals surface area contributed by atoms with Crippen LogP contribution in [0.25, 0.3) is 11.3 Å². The number of halogens is 1. The number of rotatable bonds is 2. The maximum absolute atomic E-state index is 13.2. The highest BCUT2D eigenvalue weighted by molar-refractivity contribution is 5.63. The van der Waals surface area contributed by atoms with E-state index in [4.69, 9.17) is 0 Å². The Labute approximate surface area is 140 Å². The van der Waals surface area contributed by atoms with Crippen LogP contribution >= 0.6 is 0 Å². The predicted molar refractivity (Wildman–Crippen MR) is 93.4 cm³/mol. The van der Waals surface area contributed by atoms with Gasteiger partial charge in [0.1, 0.15) is 17.5 Å². The highest BCUT2D eigenvalue weighted by Gasteiger charge is 2.18. The van der Waals surface area contributed by atoms with Crippen LogP contribution in [0.5, 0.6) is 0 Å². The first-order chi connectivity index (χ1) is 11.7. The van der Waals surface area contributed by atoms with E-state index in [2.05, 4.69) is 39.1 Å². The Morgan fingerprint density at radius 3 is 2.50 bits per heavy atom. The molecule has 0 saturated carbocycles. The number of anilines is 1. The standard InChI is InChI=1S/C20H18FN3/c1-14-22-19(16-6-8-18(21)9-7-16)12-20(23-14)24-11-10-15-4-2-3-5-17(15)13-24/h2-9,12H,10-11,13H2,1H3. The number of nitrogens with zero attached hydrogens (tertiary/aromatic N) is 3. The largest absolute Gasteiger partial charge is 0.352 e. The second-order valence-electron chi connectivity index (χ2n) is 6.11. The van der Waals surface area contributed by atoms with Crippen molar-refractivity contribution in [2.75, 3.05) is 11.4 Å². The molecule has 0 N–H and O–H groups in total. The maximum Gasteiger partial charge on any atom is 0.133 e. The molecule has 120 valence electrons. The van der Waals surface area contributed by atoms with Crippen molar-refractivity contribution in [1.82, 2.24) is 9.97 Å². The third kappa shape index (κ3) is 2.87. The summed E-state index contributed by atoms with van der Waals surface area (Å²) in [6, 6.07) is 17.0. The normalized spacial score (nSPS) is 13.7. The lowest BCUT2D eigenvalue weighted by atomic mass is 10.00. The average molecular weight is 319 g/mol. The van der Waals surface area contributed by atoms with Crippen LogP contribution in [0.4, 0.5) is 10.2 Å². The Hall–Kier alpha value is -2.75. The van der Waals surface area contributed by atoms with Gasteiger partial charge in [-0.25, -0.2) is 14.4 Å². The third-order valence-corrected chi connectivity index (χ3v) is 4.42. The van der Waals surface area contributed by atoms with Gasteiger partial charge in [0.05, 0.1) is 5.69 Å². The van der Waals surface area contributed by atoms with E-state index in [1.54, 1.807) is 12.1 Å². The zero-order valence-electron chi connectivity index (χ0n) is 13.5. The summed E-state index contributed by atoms with van der Waals surface area (Å²) in [5, 5.41) is 0. The van der Waals surface area contributed by atoms with Crippen LogP contribution in [0.2, 0.25) is 0 Å². The Kier molecular flexibility index (Phi) is 3.73. The summed E-state index contributed by atoms with van der Waals surface area (Å²) in [5.74, 6) is 1.42. The quantitative estimate of drug-likeness (QED) is 0.710. The van der Waals surface area contributed by atoms with Gasteiger partial charge in [-0.05, 0) is 48.7 Å². The number of benzene rings is 2. The molecule has 0 bridgehead atoms. The summed E-state index contributed by atoms with van der Waals surface area (Å²) in [6.45, 7) is 3.69. The lowest BCUT2D eigenvalue weighted by Gasteiger charge is -2.30. The van der Waals surface area contributed by atoms with Gasteiger partial charge in [0.15, 0.2) is 0 Å². The van der Waals surface area contributed by atoms with E-state index in [-0.39, 0.29) is 5.82 Å². The highest BCUT2D eigenvalue weighted by Crippen LogP contribution is 2.26. The van der Waals surface area contributed by atoms with Crippen molar-refractivity contribution >= 4 is 5.82 Å². The van der Waals surface area contributed by atoms with E-state index >= 15 is 0 Å². The van der Waals surface area contributed by atoms with Crippen molar-refractivity contribution in [3.8, 4) is 11.3 Å². The van der Waals surface area contributed by atoms with Gasteiger partial charge in [0.2, 0.25) is 0 Å². The molecule has 2 aromatic carbocycles. The lowest BCUT2D eigenvalue weighted by molar-refractivity contribution is 0.628. The van der Waals surface area contributed by atoms with Crippen molar-refractivity contribution in [2.45, 2.75) is 19.9 Å². The molecule has 24 heavy (non-hydrogen) atoms. The van der Waals surface area contributed by atoms with Gasteiger partial charge >= 0.3 is 0 Å². The molecule has 0 radical (unpaired) electrons. The fourth-order valence-corrected chi connectivity index (χ4v) is 3.17. The van der Waals surface area contributed by atoms with E-state index in [9.17, 15) is 4.39 Å². The second kappa shape index (κ2) is 6.04. The molecule has 1 aromatic heterocycles. The molecule has 1 aliphatic heterocycles. The molecular weight excluding hydrogens is 301 g/mol. The van der Waals surface area contributed by atoms with E-state index in [0.717, 1.165) is 42.4 Å². The van der Waals surface area contributed by atoms with Gasteiger partial charge in [-0.3, -0.25) is 0 Å². The molecule has 0 spiro atoms. The van der Waals surface area contributed by atoms with Gasteiger partial charge in [-0.15, -0.1) is 0 Å². The first-order valence-corrected chi connectivity index (χ1v) is 8.12. The van der Waals surface area contributed by atoms with Gasteiger partial charge in [0, 0.05) is 24.7 Å². The highest BCUT2D eigenvalue weighted by atomic mass is 19.1. The van der Waals surface area contributed by atoms with Gasteiger partial charge in [-0.2, -0.15) is 0 Å². The number of hydrogen-bond donors (Lipinski definition) is 0. The van der Waals surface area contributed by atoms with Crippen LogP contribution in [0.15, 0.2) is 54.6 Å². The second-order valence-corrected chi connectivity index (χ2v) is 6.11. The van der Waals surface area contributed by atoms with Crippen molar-refractivity contribution in [1.29, 1.82) is 0 Å². The molecule has 0 fully saturated rings. The Bertz CT molecular complexity index is 874. The molecule has 0 aliphatic carbocycles. The summed E-state index contributed by atoms with van der Waals surface area (Å²) >= 11 is 0. The fourth-order valence-electron chi connectivity index (χ4n) is 3.17. The first kappa shape index (κ1) is 14.8. The molecular formula is C20H18FN3. The van der Waals surface area contributed by atoms with Gasteiger partial charge in [-0.1, -0.05) is 24.3 Å².